The molecule has 0 aliphatic heterocycles. The standard InChI is InChI=1S/C6H14O3P.Na/c1-3-5(7)10(9)6(8)4-2;/h5-8H,3-4H2,1-2H3;/q-1;+1. The molecule has 0 saturated carbocycles. The van der Waals surface area contributed by atoms with E-state index in [0.29, 0.717) is 12.8 Å². The minimum absolute atomic E-state index is 0. The first-order valence-electron chi connectivity index (χ1n) is 3.45. The van der Waals surface area contributed by atoms with E-state index in [2.05, 4.69) is 0 Å². The van der Waals surface area contributed by atoms with E-state index in [9.17, 15) is 4.89 Å². The summed E-state index contributed by atoms with van der Waals surface area (Å²) in [5, 5.41) is 18.0. The molecule has 0 spiro atoms. The molecule has 0 heterocycles. The monoisotopic (exact) mass is 188 g/mol. The Labute approximate surface area is 90.9 Å². The molecule has 0 bridgehead atoms. The molecule has 0 aromatic rings. The molecular formula is C6H14NaO3P. The van der Waals surface area contributed by atoms with E-state index in [4.69, 9.17) is 10.2 Å². The molecule has 5 heteroatoms. The van der Waals surface area contributed by atoms with Gasteiger partial charge >= 0.3 is 29.6 Å². The molecule has 0 aliphatic carbocycles. The van der Waals surface area contributed by atoms with Gasteiger partial charge in [-0.05, 0) is 12.8 Å². The van der Waals surface area contributed by atoms with Crippen molar-refractivity contribution < 1.29 is 44.7 Å². The van der Waals surface area contributed by atoms with Crippen LogP contribution in [-0.2, 0) is 0 Å². The molecule has 2 atom stereocenters. The zero-order valence-corrected chi connectivity index (χ0v) is 10.2. The van der Waals surface area contributed by atoms with Gasteiger partial charge in [0.2, 0.25) is 0 Å². The first-order chi connectivity index (χ1) is 4.63. The molecular weight excluding hydrogens is 174 g/mol. The van der Waals surface area contributed by atoms with Gasteiger partial charge in [0.05, 0.1) is 11.7 Å². The number of aliphatic hydroxyl groups excluding tert-OH is 2. The van der Waals surface area contributed by atoms with Gasteiger partial charge in [-0.3, -0.25) is 0 Å². The summed E-state index contributed by atoms with van der Waals surface area (Å²) >= 11 is 0. The van der Waals surface area contributed by atoms with Gasteiger partial charge < -0.3 is 15.1 Å². The second kappa shape index (κ2) is 7.93. The van der Waals surface area contributed by atoms with Crippen molar-refractivity contribution in [3.63, 3.8) is 0 Å². The molecule has 0 radical (unpaired) electrons. The molecule has 0 aliphatic rings. The van der Waals surface area contributed by atoms with Crippen molar-refractivity contribution in [2.24, 2.45) is 0 Å². The predicted molar refractivity (Wildman–Crippen MR) is 39.5 cm³/mol. The van der Waals surface area contributed by atoms with Gasteiger partial charge in [0.1, 0.15) is 0 Å². The molecule has 0 saturated heterocycles. The number of aliphatic hydroxyl groups is 2. The average Bonchev–Trinajstić information content (AvgIpc) is 2.00. The summed E-state index contributed by atoms with van der Waals surface area (Å²) in [5.41, 5.74) is 0. The van der Waals surface area contributed by atoms with Crippen LogP contribution in [0.25, 0.3) is 0 Å². The van der Waals surface area contributed by atoms with Crippen molar-refractivity contribution in [1.82, 2.24) is 0 Å². The van der Waals surface area contributed by atoms with E-state index in [1.807, 2.05) is 0 Å². The van der Waals surface area contributed by atoms with Crippen LogP contribution in [-0.4, -0.2) is 21.9 Å². The van der Waals surface area contributed by atoms with E-state index in [1.54, 1.807) is 13.8 Å². The molecule has 0 fully saturated rings. The van der Waals surface area contributed by atoms with Crippen LogP contribution in [0.2, 0.25) is 0 Å². The number of hydrogen-bond donors (Lipinski definition) is 2. The second-order valence-electron chi connectivity index (χ2n) is 2.14. The van der Waals surface area contributed by atoms with Crippen molar-refractivity contribution >= 4 is 8.15 Å². The maximum Gasteiger partial charge on any atom is 1.00 e. The smallest absolute Gasteiger partial charge is 0.826 e. The van der Waals surface area contributed by atoms with Crippen LogP contribution < -0.4 is 34.5 Å². The van der Waals surface area contributed by atoms with Crippen LogP contribution >= 0.6 is 8.15 Å². The van der Waals surface area contributed by atoms with Gasteiger partial charge in [-0.2, -0.15) is 0 Å². The SMILES string of the molecule is CCC(O)P([O-])C(O)CC.[Na+]. The van der Waals surface area contributed by atoms with Gasteiger partial charge in [0, 0.05) is 0 Å². The third-order valence-corrected chi connectivity index (χ3v) is 3.22. The Balaban J connectivity index is 0. The van der Waals surface area contributed by atoms with E-state index in [1.165, 1.54) is 0 Å². The van der Waals surface area contributed by atoms with E-state index in [-0.39, 0.29) is 29.6 Å². The Morgan fingerprint density at radius 1 is 1.18 bits per heavy atom. The van der Waals surface area contributed by atoms with Gasteiger partial charge in [-0.25, -0.2) is 0 Å². The summed E-state index contributed by atoms with van der Waals surface area (Å²) < 4.78 is 0. The van der Waals surface area contributed by atoms with Gasteiger partial charge in [-0.15, -0.1) is 8.15 Å². The van der Waals surface area contributed by atoms with Crippen LogP contribution in [0, 0.1) is 0 Å². The molecule has 2 unspecified atom stereocenters. The quantitative estimate of drug-likeness (QED) is 0.370. The number of rotatable bonds is 4. The molecule has 62 valence electrons. The van der Waals surface area contributed by atoms with Crippen molar-refractivity contribution in [3.8, 4) is 0 Å². The topological polar surface area (TPSA) is 63.5 Å². The summed E-state index contributed by atoms with van der Waals surface area (Å²) in [5.74, 6) is -1.69. The molecule has 3 nitrogen and oxygen atoms in total. The van der Waals surface area contributed by atoms with Gasteiger partial charge in [0.15, 0.2) is 0 Å². The Morgan fingerprint density at radius 3 is 1.64 bits per heavy atom. The van der Waals surface area contributed by atoms with Crippen LogP contribution in [0.15, 0.2) is 0 Å². The zero-order chi connectivity index (χ0) is 8.15. The second-order valence-corrected chi connectivity index (χ2v) is 4.05. The van der Waals surface area contributed by atoms with Crippen molar-refractivity contribution in [2.75, 3.05) is 0 Å². The average molecular weight is 188 g/mol. The Bertz CT molecular complexity index is 83.9. The first-order valence-corrected chi connectivity index (χ1v) is 4.84. The summed E-state index contributed by atoms with van der Waals surface area (Å²) in [4.78, 5) is 11.0. The fourth-order valence-corrected chi connectivity index (χ4v) is 1.68. The summed E-state index contributed by atoms with van der Waals surface area (Å²) in [7, 11) is -1.84. The van der Waals surface area contributed by atoms with Gasteiger partial charge in [0.25, 0.3) is 0 Å². The minimum atomic E-state index is -1.84. The molecule has 0 amide bonds. The van der Waals surface area contributed by atoms with Crippen LogP contribution in [0.5, 0.6) is 0 Å². The third-order valence-electron chi connectivity index (χ3n) is 1.32. The van der Waals surface area contributed by atoms with E-state index >= 15 is 0 Å². The van der Waals surface area contributed by atoms with E-state index in [0.717, 1.165) is 0 Å². The minimum Gasteiger partial charge on any atom is -0.826 e. The van der Waals surface area contributed by atoms with Crippen LogP contribution in [0.1, 0.15) is 26.7 Å². The zero-order valence-electron chi connectivity index (χ0n) is 7.32. The molecule has 11 heavy (non-hydrogen) atoms. The van der Waals surface area contributed by atoms with E-state index < -0.39 is 19.8 Å². The predicted octanol–water partition coefficient (Wildman–Crippen LogP) is -2.80. The van der Waals surface area contributed by atoms with Gasteiger partial charge in [-0.1, -0.05) is 13.8 Å². The largest absolute Gasteiger partial charge is 1.00 e. The summed E-state index contributed by atoms with van der Waals surface area (Å²) in [6.07, 6.45) is 0.874. The maximum atomic E-state index is 11.0. The fraction of sp³-hybridized carbons (Fsp3) is 1.00. The van der Waals surface area contributed by atoms with Crippen molar-refractivity contribution in [1.29, 1.82) is 0 Å². The Kier molecular flexibility index (Phi) is 10.7. The maximum absolute atomic E-state index is 11.0. The van der Waals surface area contributed by atoms with Crippen LogP contribution in [0.4, 0.5) is 0 Å². The molecule has 0 aromatic carbocycles. The summed E-state index contributed by atoms with van der Waals surface area (Å²) in [6.45, 7) is 3.47. The normalized spacial score (nSPS) is 18.3. The first kappa shape index (κ1) is 14.8. The Hall–Kier alpha value is 1.31. The number of hydrogen-bond acceptors (Lipinski definition) is 3. The summed E-state index contributed by atoms with van der Waals surface area (Å²) in [6, 6.07) is 0. The fourth-order valence-electron chi connectivity index (χ4n) is 0.559. The third kappa shape index (κ3) is 5.53. The van der Waals surface area contributed by atoms with Crippen LogP contribution in [0.3, 0.4) is 0 Å². The molecule has 2 N–H and O–H groups in total. The Morgan fingerprint density at radius 2 is 1.45 bits per heavy atom. The molecule has 0 rings (SSSR count). The van der Waals surface area contributed by atoms with Crippen molar-refractivity contribution in [2.45, 2.75) is 38.4 Å². The molecule has 0 aromatic heterocycles. The van der Waals surface area contributed by atoms with Crippen molar-refractivity contribution in [3.05, 3.63) is 0 Å².